The molecule has 0 unspecified atom stereocenters. The van der Waals surface area contributed by atoms with E-state index >= 15 is 0 Å². The number of nitrogens with zero attached hydrogens (tertiary/aromatic N) is 2. The molecule has 11 nitrogen and oxygen atoms in total. The molecular weight excluding hydrogens is 470 g/mol. The van der Waals surface area contributed by atoms with Crippen LogP contribution in [0.3, 0.4) is 0 Å². The van der Waals surface area contributed by atoms with Crippen LogP contribution in [0.5, 0.6) is 5.75 Å². The van der Waals surface area contributed by atoms with Gasteiger partial charge in [0.1, 0.15) is 22.8 Å². The number of aromatic hydroxyl groups is 1. The number of nitrogens with two attached hydrogens (primary N) is 1. The van der Waals surface area contributed by atoms with Gasteiger partial charge in [-0.05, 0) is 31.7 Å². The second-order valence-electron chi connectivity index (χ2n) is 9.48. The number of benzene rings is 1. The number of fused-ring (bicyclic) bond motifs is 3. The number of nitriles is 1. The average molecular weight is 495 g/mol. The van der Waals surface area contributed by atoms with E-state index in [1.807, 2.05) is 0 Å². The lowest BCUT2D eigenvalue weighted by Gasteiger charge is -2.53. The number of phenolic OH excluding ortho intramolecular Hbond substituents is 1. The Balaban J connectivity index is 2.05. The smallest absolute Gasteiger partial charge is 0.255 e. The van der Waals surface area contributed by atoms with Crippen molar-refractivity contribution in [3.05, 3.63) is 51.8 Å². The number of primary amides is 1. The molecule has 0 aliphatic heterocycles. The molecule has 0 spiro atoms. The first-order valence-corrected chi connectivity index (χ1v) is 11.1. The molecular formula is C25H25N3O8. The molecule has 0 aromatic heterocycles. The first-order chi connectivity index (χ1) is 16.8. The third-order valence-electron chi connectivity index (χ3n) is 7.50. The summed E-state index contributed by atoms with van der Waals surface area (Å²) in [7, 11) is 2.88. The molecule has 3 aliphatic carbocycles. The Kier molecular flexibility index (Phi) is 5.80. The fourth-order valence-electron chi connectivity index (χ4n) is 5.89. The number of amides is 1. The van der Waals surface area contributed by atoms with Gasteiger partial charge < -0.3 is 31.3 Å². The van der Waals surface area contributed by atoms with E-state index in [4.69, 9.17) is 11.0 Å². The van der Waals surface area contributed by atoms with Crippen molar-refractivity contribution in [2.45, 2.75) is 30.6 Å². The van der Waals surface area contributed by atoms with E-state index in [1.54, 1.807) is 19.1 Å². The number of likely N-dealkylation sites (N-methyl/N-ethyl adjacent to an activating group) is 1. The second-order valence-corrected chi connectivity index (χ2v) is 9.48. The maximum atomic E-state index is 13.9. The van der Waals surface area contributed by atoms with Crippen LogP contribution in [0, 0.1) is 23.2 Å². The molecule has 0 heterocycles. The molecule has 1 amide bonds. The summed E-state index contributed by atoms with van der Waals surface area (Å²) in [6.45, 7) is 1.64. The van der Waals surface area contributed by atoms with E-state index in [0.29, 0.717) is 5.56 Å². The molecule has 4 rings (SSSR count). The van der Waals surface area contributed by atoms with Crippen LogP contribution in [-0.4, -0.2) is 79.7 Å². The fourth-order valence-corrected chi connectivity index (χ4v) is 5.89. The molecule has 1 saturated carbocycles. The first-order valence-electron chi connectivity index (χ1n) is 11.1. The predicted octanol–water partition coefficient (Wildman–Crippen LogP) is 0.0326. The van der Waals surface area contributed by atoms with Gasteiger partial charge in [-0.3, -0.25) is 19.3 Å². The Labute approximate surface area is 205 Å². The normalized spacial score (nSPS) is 31.9. The van der Waals surface area contributed by atoms with Crippen molar-refractivity contribution in [2.75, 3.05) is 14.1 Å². The number of aliphatic hydroxyl groups is 4. The van der Waals surface area contributed by atoms with Crippen molar-refractivity contribution in [3.8, 4) is 11.8 Å². The Morgan fingerprint density at radius 1 is 1.22 bits per heavy atom. The molecule has 6 atom stereocenters. The average Bonchev–Trinajstić information content (AvgIpc) is 2.80. The van der Waals surface area contributed by atoms with E-state index < -0.39 is 81.4 Å². The van der Waals surface area contributed by atoms with Gasteiger partial charge in [0.05, 0.1) is 29.7 Å². The van der Waals surface area contributed by atoms with Crippen LogP contribution >= 0.6 is 0 Å². The number of Topliss-reactive ketones (excluding diaryl/α,β-unsaturated/α-hetero) is 2. The lowest BCUT2D eigenvalue weighted by molar-refractivity contribution is -0.169. The van der Waals surface area contributed by atoms with Gasteiger partial charge in [0, 0.05) is 23.1 Å². The van der Waals surface area contributed by atoms with Crippen LogP contribution in [0.2, 0.25) is 0 Å². The molecule has 3 aliphatic rings. The van der Waals surface area contributed by atoms with Gasteiger partial charge in [0.15, 0.2) is 11.4 Å². The van der Waals surface area contributed by atoms with Crippen LogP contribution in [-0.2, 0) is 14.4 Å². The quantitative estimate of drug-likeness (QED) is 0.245. The van der Waals surface area contributed by atoms with E-state index in [-0.39, 0.29) is 11.1 Å². The second kappa shape index (κ2) is 8.30. The molecule has 0 radical (unpaired) electrons. The molecule has 1 aromatic rings. The standard InChI is InChI=1S/C25H25N3O8/c1-9-11-7-6-10(5-4-8-26)18(29)13(11)19(30)14-12(9)20(31)16-17(28(2)3)21(32)15(24(27)35)23(34)25(16,36)22(14)33/h4-7,9,12,16-17,20,29-31,34,36H,1-3H3,(H2,27,35)/b5-4+/t9-,12+,16+,17-,20-,25-/m0/s1. The van der Waals surface area contributed by atoms with Crippen molar-refractivity contribution in [1.82, 2.24) is 4.90 Å². The monoisotopic (exact) mass is 495 g/mol. The highest BCUT2D eigenvalue weighted by molar-refractivity contribution is 6.24. The SMILES string of the molecule is C[C@H]1c2ccc(/C=C/C#N)c(O)c2C(O)=C2C(=O)[C@]3(O)C(O)=C(C(N)=O)C(=O)[C@@H](N(C)C)[C@@H]3[C@@H](O)[C@@H]21. The zero-order chi connectivity index (χ0) is 26.9. The summed E-state index contributed by atoms with van der Waals surface area (Å²) >= 11 is 0. The molecule has 11 heteroatoms. The number of hydrogen-bond acceptors (Lipinski definition) is 10. The number of hydrogen-bond donors (Lipinski definition) is 6. The number of phenols is 1. The Morgan fingerprint density at radius 3 is 2.42 bits per heavy atom. The summed E-state index contributed by atoms with van der Waals surface area (Å²) in [5.74, 6) is -9.46. The van der Waals surface area contributed by atoms with Crippen molar-refractivity contribution in [3.63, 3.8) is 0 Å². The lowest BCUT2D eigenvalue weighted by atomic mass is 9.54. The first kappa shape index (κ1) is 25.1. The zero-order valence-corrected chi connectivity index (χ0v) is 19.6. The van der Waals surface area contributed by atoms with E-state index in [1.165, 1.54) is 31.1 Å². The van der Waals surface area contributed by atoms with Crippen LogP contribution in [0.25, 0.3) is 11.8 Å². The molecule has 188 valence electrons. The van der Waals surface area contributed by atoms with Crippen molar-refractivity contribution < 1.29 is 39.9 Å². The predicted molar refractivity (Wildman–Crippen MR) is 125 cm³/mol. The fraction of sp³-hybridized carbons (Fsp3) is 0.360. The number of ketones is 2. The largest absolute Gasteiger partial charge is 0.508 e. The van der Waals surface area contributed by atoms with Gasteiger partial charge >= 0.3 is 0 Å². The van der Waals surface area contributed by atoms with Gasteiger partial charge in [0.25, 0.3) is 5.91 Å². The third-order valence-corrected chi connectivity index (χ3v) is 7.50. The minimum atomic E-state index is -2.96. The molecule has 0 bridgehead atoms. The molecule has 1 fully saturated rings. The van der Waals surface area contributed by atoms with Crippen LogP contribution in [0.4, 0.5) is 0 Å². The van der Waals surface area contributed by atoms with Crippen molar-refractivity contribution in [2.24, 2.45) is 17.6 Å². The minimum Gasteiger partial charge on any atom is -0.508 e. The van der Waals surface area contributed by atoms with Gasteiger partial charge in [-0.2, -0.15) is 5.26 Å². The van der Waals surface area contributed by atoms with Gasteiger partial charge in [0.2, 0.25) is 5.78 Å². The summed E-state index contributed by atoms with van der Waals surface area (Å²) in [4.78, 5) is 40.3. The number of carbonyl (C=O) groups is 3. The highest BCUT2D eigenvalue weighted by Gasteiger charge is 2.68. The lowest BCUT2D eigenvalue weighted by Crippen LogP contribution is -2.70. The van der Waals surface area contributed by atoms with Crippen molar-refractivity contribution in [1.29, 1.82) is 5.26 Å². The minimum absolute atomic E-state index is 0.133. The van der Waals surface area contributed by atoms with E-state index in [9.17, 15) is 39.9 Å². The highest BCUT2D eigenvalue weighted by atomic mass is 16.4. The van der Waals surface area contributed by atoms with Gasteiger partial charge in [-0.25, -0.2) is 0 Å². The van der Waals surface area contributed by atoms with Crippen LogP contribution < -0.4 is 5.73 Å². The van der Waals surface area contributed by atoms with Gasteiger partial charge in [-0.1, -0.05) is 19.1 Å². The molecule has 36 heavy (non-hydrogen) atoms. The van der Waals surface area contributed by atoms with Crippen molar-refractivity contribution >= 4 is 29.3 Å². The molecule has 7 N–H and O–H groups in total. The number of allylic oxidation sites excluding steroid dienone is 1. The van der Waals surface area contributed by atoms with E-state index in [0.717, 1.165) is 6.08 Å². The Hall–Kier alpha value is -3.98. The van der Waals surface area contributed by atoms with Gasteiger partial charge in [-0.15, -0.1) is 0 Å². The summed E-state index contributed by atoms with van der Waals surface area (Å²) in [6.07, 6.45) is 0.757. The topological polar surface area (TPSA) is 205 Å². The zero-order valence-electron chi connectivity index (χ0n) is 19.6. The highest BCUT2D eigenvalue weighted by Crippen LogP contribution is 2.56. The number of rotatable bonds is 3. The summed E-state index contributed by atoms with van der Waals surface area (Å²) in [5.41, 5.74) is 1.30. The molecule has 1 aromatic carbocycles. The Bertz CT molecular complexity index is 1350. The summed E-state index contributed by atoms with van der Waals surface area (Å²) in [6, 6.07) is 3.45. The van der Waals surface area contributed by atoms with E-state index in [2.05, 4.69) is 0 Å². The maximum absolute atomic E-state index is 13.9. The number of carbonyl (C=O) groups excluding carboxylic acids is 3. The van der Waals surface area contributed by atoms with Crippen LogP contribution in [0.1, 0.15) is 29.5 Å². The Morgan fingerprint density at radius 2 is 1.86 bits per heavy atom. The summed E-state index contributed by atoms with van der Waals surface area (Å²) < 4.78 is 0. The molecule has 0 saturated heterocycles. The third kappa shape index (κ3) is 3.05. The van der Waals surface area contributed by atoms with Crippen LogP contribution in [0.15, 0.2) is 35.1 Å². The number of aliphatic hydroxyl groups excluding tert-OH is 3. The summed E-state index contributed by atoms with van der Waals surface area (Å²) in [5, 5.41) is 64.9. The maximum Gasteiger partial charge on any atom is 0.255 e.